The highest BCUT2D eigenvalue weighted by molar-refractivity contribution is 5.70. The van der Waals surface area contributed by atoms with Crippen LogP contribution in [0.3, 0.4) is 0 Å². The van der Waals surface area contributed by atoms with Crippen LogP contribution in [0.2, 0.25) is 0 Å². The summed E-state index contributed by atoms with van der Waals surface area (Å²) in [5.41, 5.74) is -0.601. The fraction of sp³-hybridized carbons (Fsp3) is 0.714. The molecule has 58 valence electrons. The maximum atomic E-state index is 10.4. The molecule has 0 spiro atoms. The van der Waals surface area contributed by atoms with Crippen LogP contribution in [0.4, 0.5) is 0 Å². The van der Waals surface area contributed by atoms with E-state index < -0.39 is 5.41 Å². The van der Waals surface area contributed by atoms with E-state index in [1.54, 1.807) is 20.9 Å². The van der Waals surface area contributed by atoms with Gasteiger partial charge in [-0.15, -0.1) is 0 Å². The maximum Gasteiger partial charge on any atom is 0.137 e. The van der Waals surface area contributed by atoms with Crippen LogP contribution in [0.5, 0.6) is 0 Å². The summed E-state index contributed by atoms with van der Waals surface area (Å²) in [5, 5.41) is 2.74. The van der Waals surface area contributed by atoms with Gasteiger partial charge >= 0.3 is 0 Å². The Kier molecular flexibility index (Phi) is 3.22. The fourth-order valence-electron chi connectivity index (χ4n) is 0.689. The Morgan fingerprint density at radius 3 is 2.00 bits per heavy atom. The monoisotopic (exact) mass is 143 g/mol. The summed E-state index contributed by atoms with van der Waals surface area (Å²) in [6.07, 6.45) is 1.52. The molecule has 3 heteroatoms. The molecule has 10 heavy (non-hydrogen) atoms. The smallest absolute Gasteiger partial charge is 0.137 e. The van der Waals surface area contributed by atoms with Gasteiger partial charge in [-0.1, -0.05) is 13.8 Å². The van der Waals surface area contributed by atoms with Gasteiger partial charge in [-0.3, -0.25) is 0 Å². The lowest BCUT2D eigenvalue weighted by Crippen LogP contribution is -2.42. The number of rotatable bonds is 4. The van der Waals surface area contributed by atoms with Crippen LogP contribution >= 0.6 is 0 Å². The number of aldehydes is 2. The Morgan fingerprint density at radius 2 is 1.90 bits per heavy atom. The molecule has 0 saturated heterocycles. The normalized spacial score (nSPS) is 14.3. The molecule has 1 N–H and O–H groups in total. The third-order valence-electron chi connectivity index (χ3n) is 1.55. The van der Waals surface area contributed by atoms with Gasteiger partial charge in [0.1, 0.15) is 12.6 Å². The van der Waals surface area contributed by atoms with E-state index in [1.807, 2.05) is 0 Å². The van der Waals surface area contributed by atoms with E-state index in [2.05, 4.69) is 5.32 Å². The van der Waals surface area contributed by atoms with Gasteiger partial charge in [0.05, 0.1) is 6.04 Å². The second-order valence-corrected chi connectivity index (χ2v) is 2.84. The molecule has 0 bridgehead atoms. The number of hydrogen-bond donors (Lipinski definition) is 1. The standard InChI is InChI=1S/C7H13NO2/c1-7(2,5-10)6(4-9)8-3/h4-6,8H,1-3H3. The van der Waals surface area contributed by atoms with Gasteiger partial charge in [0.25, 0.3) is 0 Å². The molecule has 0 fully saturated rings. The Morgan fingerprint density at radius 1 is 1.40 bits per heavy atom. The fourth-order valence-corrected chi connectivity index (χ4v) is 0.689. The van der Waals surface area contributed by atoms with Crippen molar-refractivity contribution in [2.75, 3.05) is 7.05 Å². The first-order valence-electron chi connectivity index (χ1n) is 3.17. The van der Waals surface area contributed by atoms with Crippen LogP contribution in [0.25, 0.3) is 0 Å². The average molecular weight is 143 g/mol. The van der Waals surface area contributed by atoms with E-state index in [0.29, 0.717) is 0 Å². The van der Waals surface area contributed by atoms with Crippen LogP contribution in [-0.2, 0) is 9.59 Å². The summed E-state index contributed by atoms with van der Waals surface area (Å²) >= 11 is 0. The molecule has 0 amide bonds. The maximum absolute atomic E-state index is 10.4. The zero-order valence-corrected chi connectivity index (χ0v) is 6.55. The van der Waals surface area contributed by atoms with Gasteiger partial charge in [-0.2, -0.15) is 0 Å². The number of carbonyl (C=O) groups is 2. The van der Waals surface area contributed by atoms with Crippen molar-refractivity contribution in [2.24, 2.45) is 5.41 Å². The van der Waals surface area contributed by atoms with Gasteiger partial charge in [-0.05, 0) is 7.05 Å². The summed E-state index contributed by atoms with van der Waals surface area (Å²) in [5.74, 6) is 0. The van der Waals surface area contributed by atoms with Crippen LogP contribution in [0.15, 0.2) is 0 Å². The van der Waals surface area contributed by atoms with Gasteiger partial charge in [-0.25, -0.2) is 0 Å². The van der Waals surface area contributed by atoms with Crippen molar-refractivity contribution in [2.45, 2.75) is 19.9 Å². The topological polar surface area (TPSA) is 46.2 Å². The van der Waals surface area contributed by atoms with Crippen molar-refractivity contribution in [3.63, 3.8) is 0 Å². The van der Waals surface area contributed by atoms with Crippen molar-refractivity contribution >= 4 is 12.6 Å². The lowest BCUT2D eigenvalue weighted by atomic mass is 9.87. The molecular weight excluding hydrogens is 130 g/mol. The first kappa shape index (κ1) is 9.30. The first-order chi connectivity index (χ1) is 4.58. The third-order valence-corrected chi connectivity index (χ3v) is 1.55. The summed E-state index contributed by atoms with van der Waals surface area (Å²) in [6, 6.07) is -0.384. The van der Waals surface area contributed by atoms with E-state index in [1.165, 1.54) is 0 Å². The van der Waals surface area contributed by atoms with Crippen molar-refractivity contribution in [3.8, 4) is 0 Å². The minimum absolute atomic E-state index is 0.384. The van der Waals surface area contributed by atoms with E-state index in [9.17, 15) is 9.59 Å². The minimum Gasteiger partial charge on any atom is -0.310 e. The third kappa shape index (κ3) is 1.92. The second-order valence-electron chi connectivity index (χ2n) is 2.84. The van der Waals surface area contributed by atoms with Crippen molar-refractivity contribution in [1.29, 1.82) is 0 Å². The minimum atomic E-state index is -0.601. The largest absolute Gasteiger partial charge is 0.310 e. The van der Waals surface area contributed by atoms with E-state index in [4.69, 9.17) is 0 Å². The van der Waals surface area contributed by atoms with Gasteiger partial charge < -0.3 is 14.9 Å². The highest BCUT2D eigenvalue weighted by Gasteiger charge is 2.26. The highest BCUT2D eigenvalue weighted by atomic mass is 16.1. The molecule has 0 aliphatic rings. The number of nitrogens with one attached hydrogen (secondary N) is 1. The lowest BCUT2D eigenvalue weighted by molar-refractivity contribution is -0.121. The molecule has 0 radical (unpaired) electrons. The van der Waals surface area contributed by atoms with Crippen molar-refractivity contribution in [1.82, 2.24) is 5.32 Å². The van der Waals surface area contributed by atoms with Crippen LogP contribution in [0.1, 0.15) is 13.8 Å². The van der Waals surface area contributed by atoms with E-state index >= 15 is 0 Å². The Labute approximate surface area is 60.8 Å². The van der Waals surface area contributed by atoms with Crippen molar-refractivity contribution in [3.05, 3.63) is 0 Å². The zero-order chi connectivity index (χ0) is 8.20. The number of hydrogen-bond acceptors (Lipinski definition) is 3. The number of carbonyl (C=O) groups excluding carboxylic acids is 2. The summed E-state index contributed by atoms with van der Waals surface area (Å²) in [4.78, 5) is 20.7. The molecule has 0 aromatic heterocycles. The SMILES string of the molecule is CNC(C=O)C(C)(C)C=O. The molecular formula is C7H13NO2. The van der Waals surface area contributed by atoms with Gasteiger partial charge in [0.15, 0.2) is 0 Å². The van der Waals surface area contributed by atoms with Crippen LogP contribution < -0.4 is 5.32 Å². The lowest BCUT2D eigenvalue weighted by Gasteiger charge is -2.23. The molecule has 0 aliphatic carbocycles. The van der Waals surface area contributed by atoms with E-state index in [0.717, 1.165) is 12.6 Å². The Bertz CT molecular complexity index is 132. The summed E-state index contributed by atoms with van der Waals surface area (Å²) in [7, 11) is 1.66. The molecule has 3 nitrogen and oxygen atoms in total. The Balaban J connectivity index is 4.24. The van der Waals surface area contributed by atoms with Gasteiger partial charge in [0.2, 0.25) is 0 Å². The van der Waals surface area contributed by atoms with Gasteiger partial charge in [0, 0.05) is 5.41 Å². The molecule has 0 aromatic carbocycles. The first-order valence-corrected chi connectivity index (χ1v) is 3.17. The predicted octanol–water partition coefficient (Wildman–Crippen LogP) is -0.00160. The summed E-state index contributed by atoms with van der Waals surface area (Å²) in [6.45, 7) is 3.44. The molecule has 0 rings (SSSR count). The molecule has 0 aliphatic heterocycles. The predicted molar refractivity (Wildman–Crippen MR) is 38.8 cm³/mol. The number of likely N-dealkylation sites (N-methyl/N-ethyl adjacent to an activating group) is 1. The molecule has 0 heterocycles. The molecule has 1 atom stereocenters. The van der Waals surface area contributed by atoms with Crippen LogP contribution in [-0.4, -0.2) is 25.7 Å². The second kappa shape index (κ2) is 3.46. The summed E-state index contributed by atoms with van der Waals surface area (Å²) < 4.78 is 0. The molecule has 1 unspecified atom stereocenters. The highest BCUT2D eigenvalue weighted by Crippen LogP contribution is 2.14. The van der Waals surface area contributed by atoms with E-state index in [-0.39, 0.29) is 6.04 Å². The molecule has 0 saturated carbocycles. The average Bonchev–Trinajstić information content (AvgIpc) is 1.90. The molecule has 0 aromatic rings. The zero-order valence-electron chi connectivity index (χ0n) is 6.55. The Hall–Kier alpha value is -0.700. The van der Waals surface area contributed by atoms with Crippen molar-refractivity contribution < 1.29 is 9.59 Å². The van der Waals surface area contributed by atoms with Crippen LogP contribution in [0, 0.1) is 5.41 Å². The quantitative estimate of drug-likeness (QED) is 0.563.